The summed E-state index contributed by atoms with van der Waals surface area (Å²) in [5.41, 5.74) is -5.63. The Morgan fingerprint density at radius 3 is 1.69 bits per heavy atom. The maximum absolute atomic E-state index is 12.0. The first-order chi connectivity index (χ1) is 6.77. The van der Waals surface area contributed by atoms with Crippen molar-refractivity contribution in [2.45, 2.75) is 31.4 Å². The molecule has 0 aliphatic carbocycles. The third kappa shape index (κ3) is 3.19. The van der Waals surface area contributed by atoms with E-state index < -0.39 is 28.4 Å². The molecule has 0 saturated carbocycles. The van der Waals surface area contributed by atoms with Crippen molar-refractivity contribution in [3.63, 3.8) is 0 Å². The zero-order valence-corrected chi connectivity index (χ0v) is 10.7. The molecule has 0 saturated heterocycles. The van der Waals surface area contributed by atoms with Crippen LogP contribution in [-0.2, 0) is 23.2 Å². The average Bonchev–Trinajstić information content (AvgIpc) is 1.99. The number of rotatable bonds is 3. The van der Waals surface area contributed by atoms with Gasteiger partial charge in [0.15, 0.2) is 0 Å². The van der Waals surface area contributed by atoms with Crippen LogP contribution in [0.4, 0.5) is 13.2 Å². The highest BCUT2D eigenvalue weighted by molar-refractivity contribution is 7.92. The van der Waals surface area contributed by atoms with Crippen LogP contribution in [-0.4, -0.2) is 26.2 Å². The molecule has 0 fully saturated rings. The van der Waals surface area contributed by atoms with Crippen LogP contribution in [0.25, 0.3) is 0 Å². The third-order valence-corrected chi connectivity index (χ3v) is 5.80. The molecule has 16 heavy (non-hydrogen) atoms. The second-order valence-electron chi connectivity index (χ2n) is 3.83. The summed E-state index contributed by atoms with van der Waals surface area (Å²) in [6.45, 7) is 3.72. The largest absolute Gasteiger partial charge is 0.523 e. The number of hydrogen-bond donors (Lipinski definition) is 0. The summed E-state index contributed by atoms with van der Waals surface area (Å²) >= 11 is 0. The van der Waals surface area contributed by atoms with E-state index in [9.17, 15) is 26.2 Å². The van der Waals surface area contributed by atoms with Gasteiger partial charge in [-0.2, -0.15) is 25.6 Å². The molecule has 1 atom stereocenters. The smallest absolute Gasteiger partial charge is 0.311 e. The van der Waals surface area contributed by atoms with Crippen molar-refractivity contribution < 1.29 is 34.6 Å². The van der Waals surface area contributed by atoms with Gasteiger partial charge in [0.05, 0.1) is 5.16 Å². The van der Waals surface area contributed by atoms with Crippen LogP contribution < -0.4 is 0 Å². The van der Waals surface area contributed by atoms with Crippen molar-refractivity contribution in [3.8, 4) is 0 Å². The Balaban J connectivity index is 5.36. The topological polar surface area (TPSA) is 69.7 Å². The Bertz CT molecular complexity index is 393. The van der Waals surface area contributed by atoms with Gasteiger partial charge in [-0.1, -0.05) is 0 Å². The molecule has 0 aromatic rings. The van der Waals surface area contributed by atoms with E-state index in [0.29, 0.717) is 0 Å². The maximum atomic E-state index is 12.0. The third-order valence-electron chi connectivity index (χ3n) is 1.54. The fraction of sp³-hybridized carbons (Fsp3) is 1.00. The molecule has 0 aromatic carbocycles. The number of hydrogen-bond acceptors (Lipinski definition) is 5. The Kier molecular flexibility index (Phi) is 4.26. The van der Waals surface area contributed by atoms with E-state index in [1.54, 1.807) is 0 Å². The molecular weight excluding hydrogens is 272 g/mol. The minimum Gasteiger partial charge on any atom is -0.311 e. The first-order valence-corrected chi connectivity index (χ1v) is 6.90. The van der Waals surface area contributed by atoms with Crippen LogP contribution >= 0.6 is 7.60 Å². The summed E-state index contributed by atoms with van der Waals surface area (Å²) in [5.74, 6) is 0. The summed E-state index contributed by atoms with van der Waals surface area (Å²) in [6, 6.07) is 0. The Morgan fingerprint density at radius 2 is 1.50 bits per heavy atom. The number of halogens is 3. The first kappa shape index (κ1) is 15.9. The summed E-state index contributed by atoms with van der Waals surface area (Å²) in [5, 5.41) is -1.39. The van der Waals surface area contributed by atoms with Gasteiger partial charge in [-0.3, -0.25) is 4.57 Å². The van der Waals surface area contributed by atoms with E-state index in [1.807, 2.05) is 0 Å². The molecule has 0 amide bonds. The number of alkyl halides is 3. The molecule has 10 heteroatoms. The van der Waals surface area contributed by atoms with E-state index in [0.717, 1.165) is 7.11 Å². The predicted molar refractivity (Wildman–Crippen MR) is 50.4 cm³/mol. The Hall–Kier alpha value is -0.110. The highest BCUT2D eigenvalue weighted by Gasteiger charge is 2.54. The summed E-state index contributed by atoms with van der Waals surface area (Å²) in [4.78, 5) is 0. The summed E-state index contributed by atoms with van der Waals surface area (Å²) < 4.78 is 77.1. The standard InChI is InChI=1S/C6H12F3O5PS/c1-5(2,3)15(10,13-4)14-16(11,12)6(7,8)9/h1-4H3. The molecule has 0 aliphatic rings. The lowest BCUT2D eigenvalue weighted by molar-refractivity contribution is -0.0505. The molecule has 98 valence electrons. The lowest BCUT2D eigenvalue weighted by Gasteiger charge is -2.27. The van der Waals surface area contributed by atoms with E-state index in [-0.39, 0.29) is 0 Å². The van der Waals surface area contributed by atoms with Crippen molar-refractivity contribution >= 4 is 17.7 Å². The molecule has 5 nitrogen and oxygen atoms in total. The SMILES string of the molecule is COP(=O)(OS(=O)(=O)C(F)(F)F)C(C)(C)C. The molecule has 0 heterocycles. The van der Waals surface area contributed by atoms with Crippen molar-refractivity contribution in [2.24, 2.45) is 0 Å². The van der Waals surface area contributed by atoms with E-state index >= 15 is 0 Å². The normalized spacial score (nSPS) is 18.2. The molecular formula is C6H12F3O5PS. The highest BCUT2D eigenvalue weighted by atomic mass is 32.2. The molecule has 0 N–H and O–H groups in total. The van der Waals surface area contributed by atoms with E-state index in [2.05, 4.69) is 8.49 Å². The quantitative estimate of drug-likeness (QED) is 0.588. The van der Waals surface area contributed by atoms with E-state index in [4.69, 9.17) is 0 Å². The monoisotopic (exact) mass is 284 g/mol. The Labute approximate surface area is 91.6 Å². The maximum Gasteiger partial charge on any atom is 0.523 e. The fourth-order valence-corrected chi connectivity index (χ4v) is 3.64. The zero-order chi connectivity index (χ0) is 13.4. The predicted octanol–water partition coefficient (Wildman–Crippen LogP) is 2.49. The molecule has 0 aromatic heterocycles. The van der Waals surface area contributed by atoms with Gasteiger partial charge in [-0.15, -0.1) is 0 Å². The summed E-state index contributed by atoms with van der Waals surface area (Å²) in [7, 11) is -9.53. The zero-order valence-electron chi connectivity index (χ0n) is 9.03. The average molecular weight is 284 g/mol. The van der Waals surface area contributed by atoms with Crippen LogP contribution in [0.15, 0.2) is 0 Å². The van der Waals surface area contributed by atoms with Gasteiger partial charge in [-0.05, 0) is 20.8 Å². The van der Waals surface area contributed by atoms with E-state index in [1.165, 1.54) is 20.8 Å². The highest BCUT2D eigenvalue weighted by Crippen LogP contribution is 2.61. The van der Waals surface area contributed by atoms with Crippen molar-refractivity contribution in [2.75, 3.05) is 7.11 Å². The van der Waals surface area contributed by atoms with Crippen molar-refractivity contribution in [3.05, 3.63) is 0 Å². The molecule has 0 rings (SSSR count). The first-order valence-electron chi connectivity index (χ1n) is 3.95. The second kappa shape index (κ2) is 4.29. The lowest BCUT2D eigenvalue weighted by Crippen LogP contribution is -2.28. The Morgan fingerprint density at radius 1 is 1.12 bits per heavy atom. The molecule has 1 unspecified atom stereocenters. The fourth-order valence-electron chi connectivity index (χ4n) is 0.588. The summed E-state index contributed by atoms with van der Waals surface area (Å²) in [6.07, 6.45) is 0. The minimum atomic E-state index is -5.94. The van der Waals surface area contributed by atoms with Gasteiger partial charge < -0.3 is 4.52 Å². The van der Waals surface area contributed by atoms with Gasteiger partial charge in [0.25, 0.3) is 0 Å². The molecule has 0 radical (unpaired) electrons. The van der Waals surface area contributed by atoms with Crippen LogP contribution in [0.5, 0.6) is 0 Å². The minimum absolute atomic E-state index is 0.817. The van der Waals surface area contributed by atoms with Gasteiger partial charge in [0, 0.05) is 7.11 Å². The van der Waals surface area contributed by atoms with Crippen molar-refractivity contribution in [1.29, 1.82) is 0 Å². The van der Waals surface area contributed by atoms with Gasteiger partial charge in [0.1, 0.15) is 0 Å². The lowest BCUT2D eigenvalue weighted by atomic mass is 10.3. The molecule has 0 spiro atoms. The van der Waals surface area contributed by atoms with Gasteiger partial charge in [0.2, 0.25) is 0 Å². The van der Waals surface area contributed by atoms with Crippen LogP contribution in [0.2, 0.25) is 0 Å². The molecule has 0 aliphatic heterocycles. The van der Waals surface area contributed by atoms with Crippen LogP contribution in [0, 0.1) is 0 Å². The molecule has 0 bridgehead atoms. The van der Waals surface area contributed by atoms with Crippen molar-refractivity contribution in [1.82, 2.24) is 0 Å². The van der Waals surface area contributed by atoms with Crippen LogP contribution in [0.1, 0.15) is 20.8 Å². The van der Waals surface area contributed by atoms with Crippen LogP contribution in [0.3, 0.4) is 0 Å². The van der Waals surface area contributed by atoms with Gasteiger partial charge in [-0.25, -0.2) is 0 Å². The van der Waals surface area contributed by atoms with Gasteiger partial charge >= 0.3 is 23.2 Å². The second-order valence-corrected chi connectivity index (χ2v) is 8.49.